The van der Waals surface area contributed by atoms with E-state index in [0.717, 1.165) is 31.2 Å². The van der Waals surface area contributed by atoms with Crippen molar-refractivity contribution < 1.29 is 28.9 Å². The first-order chi connectivity index (χ1) is 13.7. The minimum atomic E-state index is -0.921. The topological polar surface area (TPSA) is 85.3 Å². The van der Waals surface area contributed by atoms with Crippen LogP contribution in [0.5, 0.6) is 11.5 Å². The van der Waals surface area contributed by atoms with E-state index in [1.807, 2.05) is 18.2 Å². The summed E-state index contributed by atoms with van der Waals surface area (Å²) in [6.07, 6.45) is 4.02. The fourth-order valence-corrected chi connectivity index (χ4v) is 4.07. The Morgan fingerprint density at radius 2 is 1.79 bits per heavy atom. The number of carbonyl (C=O) groups excluding carboxylic acids is 1. The quantitative estimate of drug-likeness (QED) is 0.795. The van der Waals surface area contributed by atoms with Crippen LogP contribution in [0.3, 0.4) is 0 Å². The maximum Gasteiger partial charge on any atom is 0.410 e. The molecule has 0 aromatic heterocycles. The molecule has 7 heteroatoms. The highest BCUT2D eigenvalue weighted by atomic mass is 16.6. The summed E-state index contributed by atoms with van der Waals surface area (Å²) in [5, 5.41) is 9.74. The molecule has 1 aromatic carbocycles. The van der Waals surface area contributed by atoms with Gasteiger partial charge in [-0.3, -0.25) is 4.79 Å². The van der Waals surface area contributed by atoms with Gasteiger partial charge in [0.15, 0.2) is 11.5 Å². The van der Waals surface area contributed by atoms with Crippen molar-refractivity contribution in [3.63, 3.8) is 0 Å². The first kappa shape index (κ1) is 21.3. The lowest BCUT2D eigenvalue weighted by molar-refractivity contribution is -0.141. The van der Waals surface area contributed by atoms with Crippen LogP contribution in [0.15, 0.2) is 18.2 Å². The van der Waals surface area contributed by atoms with E-state index in [2.05, 4.69) is 0 Å². The van der Waals surface area contributed by atoms with Crippen LogP contribution < -0.4 is 9.47 Å². The highest BCUT2D eigenvalue weighted by molar-refractivity contribution is 5.76. The number of methoxy groups -OCH3 is 1. The fourth-order valence-electron chi connectivity index (χ4n) is 4.07. The number of rotatable bonds is 5. The van der Waals surface area contributed by atoms with Crippen molar-refractivity contribution in [3.05, 3.63) is 23.8 Å². The first-order valence-corrected chi connectivity index (χ1v) is 10.2. The molecule has 0 spiro atoms. The minimum Gasteiger partial charge on any atom is -0.493 e. The fraction of sp³-hybridized carbons (Fsp3) is 0.636. The number of benzene rings is 1. The maximum atomic E-state index is 12.5. The molecule has 1 saturated carbocycles. The molecular weight excluding hydrogens is 374 g/mol. The Labute approximate surface area is 171 Å². The summed E-state index contributed by atoms with van der Waals surface area (Å²) in [6, 6.07) is 5.55. The third-order valence-corrected chi connectivity index (χ3v) is 5.50. The number of aliphatic carboxylic acids is 1. The van der Waals surface area contributed by atoms with Crippen LogP contribution in [0.4, 0.5) is 4.79 Å². The van der Waals surface area contributed by atoms with E-state index in [9.17, 15) is 14.7 Å². The molecule has 29 heavy (non-hydrogen) atoms. The number of ether oxygens (including phenoxy) is 3. The van der Waals surface area contributed by atoms with E-state index >= 15 is 0 Å². The van der Waals surface area contributed by atoms with E-state index in [0.29, 0.717) is 18.0 Å². The van der Waals surface area contributed by atoms with Crippen LogP contribution in [0, 0.1) is 5.92 Å². The summed E-state index contributed by atoms with van der Waals surface area (Å²) in [5.74, 6) is -0.687. The van der Waals surface area contributed by atoms with Gasteiger partial charge in [-0.05, 0) is 64.2 Å². The number of carbonyl (C=O) groups is 2. The normalized spacial score (nSPS) is 22.6. The third-order valence-electron chi connectivity index (χ3n) is 5.50. The standard InChI is InChI=1S/C22H31NO6/c1-22(2,3)29-21(26)23-12-16(17(13-23)20(24)25)14-9-10-18(27-4)19(11-14)28-15-7-5-6-8-15/h9-11,15-17H,5-8,12-13H2,1-4H3,(H,24,25)/t16-,17+/m0/s1. The second-order valence-electron chi connectivity index (χ2n) is 8.87. The zero-order valence-electron chi connectivity index (χ0n) is 17.6. The molecule has 3 rings (SSSR count). The van der Waals surface area contributed by atoms with Gasteiger partial charge in [0.2, 0.25) is 0 Å². The monoisotopic (exact) mass is 405 g/mol. The van der Waals surface area contributed by atoms with Gasteiger partial charge in [0.25, 0.3) is 0 Å². The Morgan fingerprint density at radius 3 is 2.38 bits per heavy atom. The van der Waals surface area contributed by atoms with Gasteiger partial charge in [0.1, 0.15) is 5.60 Å². The van der Waals surface area contributed by atoms with Crippen molar-refractivity contribution >= 4 is 12.1 Å². The number of hydrogen-bond donors (Lipinski definition) is 1. The molecule has 1 aliphatic carbocycles. The third kappa shape index (κ3) is 5.14. The summed E-state index contributed by atoms with van der Waals surface area (Å²) in [7, 11) is 1.59. The Balaban J connectivity index is 1.83. The lowest BCUT2D eigenvalue weighted by atomic mass is 9.89. The van der Waals surface area contributed by atoms with Crippen LogP contribution in [-0.2, 0) is 9.53 Å². The van der Waals surface area contributed by atoms with Gasteiger partial charge < -0.3 is 24.2 Å². The number of likely N-dealkylation sites (tertiary alicyclic amines) is 1. The smallest absolute Gasteiger partial charge is 0.410 e. The predicted molar refractivity (Wildman–Crippen MR) is 108 cm³/mol. The van der Waals surface area contributed by atoms with Gasteiger partial charge in [0, 0.05) is 19.0 Å². The average molecular weight is 405 g/mol. The van der Waals surface area contributed by atoms with Gasteiger partial charge in [-0.15, -0.1) is 0 Å². The molecular formula is C22H31NO6. The van der Waals surface area contributed by atoms with E-state index in [-0.39, 0.29) is 18.6 Å². The Kier molecular flexibility index (Phi) is 6.24. The van der Waals surface area contributed by atoms with Crippen LogP contribution in [0.2, 0.25) is 0 Å². The Hall–Kier alpha value is -2.44. The predicted octanol–water partition coefficient (Wildman–Crippen LogP) is 4.05. The van der Waals surface area contributed by atoms with Gasteiger partial charge >= 0.3 is 12.1 Å². The molecule has 0 bridgehead atoms. The zero-order valence-corrected chi connectivity index (χ0v) is 17.6. The van der Waals surface area contributed by atoms with E-state index < -0.39 is 23.6 Å². The Bertz CT molecular complexity index is 750. The summed E-state index contributed by atoms with van der Waals surface area (Å²) in [6.45, 7) is 5.80. The molecule has 0 radical (unpaired) electrons. The average Bonchev–Trinajstić information content (AvgIpc) is 3.30. The van der Waals surface area contributed by atoms with Crippen molar-refractivity contribution in [1.29, 1.82) is 0 Å². The number of carboxylic acids is 1. The molecule has 0 unspecified atom stereocenters. The van der Waals surface area contributed by atoms with E-state index in [1.54, 1.807) is 27.9 Å². The summed E-state index contributed by atoms with van der Waals surface area (Å²) in [4.78, 5) is 25.8. The SMILES string of the molecule is COc1ccc([C@@H]2CN(C(=O)OC(C)(C)C)C[C@H]2C(=O)O)cc1OC1CCCC1. The molecule has 1 aromatic rings. The van der Waals surface area contributed by atoms with Crippen molar-refractivity contribution in [2.24, 2.45) is 5.92 Å². The molecule has 1 amide bonds. The molecule has 1 aliphatic heterocycles. The van der Waals surface area contributed by atoms with Crippen LogP contribution in [0.1, 0.15) is 57.9 Å². The summed E-state index contributed by atoms with van der Waals surface area (Å²) < 4.78 is 17.0. The summed E-state index contributed by atoms with van der Waals surface area (Å²) >= 11 is 0. The molecule has 2 atom stereocenters. The molecule has 2 aliphatic rings. The van der Waals surface area contributed by atoms with Crippen molar-refractivity contribution in [1.82, 2.24) is 4.90 Å². The first-order valence-electron chi connectivity index (χ1n) is 10.2. The molecule has 1 heterocycles. The zero-order chi connectivity index (χ0) is 21.2. The van der Waals surface area contributed by atoms with Crippen LogP contribution in [-0.4, -0.2) is 54.0 Å². The molecule has 1 saturated heterocycles. The van der Waals surface area contributed by atoms with E-state index in [1.165, 1.54) is 4.90 Å². The maximum absolute atomic E-state index is 12.5. The Morgan fingerprint density at radius 1 is 1.10 bits per heavy atom. The minimum absolute atomic E-state index is 0.125. The summed E-state index contributed by atoms with van der Waals surface area (Å²) in [5.41, 5.74) is 0.202. The van der Waals surface area contributed by atoms with Gasteiger partial charge in [-0.2, -0.15) is 0 Å². The second kappa shape index (κ2) is 8.51. The van der Waals surface area contributed by atoms with Gasteiger partial charge in [-0.25, -0.2) is 4.79 Å². The molecule has 160 valence electrons. The van der Waals surface area contributed by atoms with Crippen LogP contribution >= 0.6 is 0 Å². The number of amides is 1. The van der Waals surface area contributed by atoms with Crippen molar-refractivity contribution in [2.75, 3.05) is 20.2 Å². The van der Waals surface area contributed by atoms with Crippen molar-refractivity contribution in [3.8, 4) is 11.5 Å². The van der Waals surface area contributed by atoms with Gasteiger partial charge in [0.05, 0.1) is 19.1 Å². The van der Waals surface area contributed by atoms with Crippen molar-refractivity contribution in [2.45, 2.75) is 64.1 Å². The lowest BCUT2D eigenvalue weighted by Crippen LogP contribution is -2.35. The van der Waals surface area contributed by atoms with Crippen LogP contribution in [0.25, 0.3) is 0 Å². The van der Waals surface area contributed by atoms with E-state index in [4.69, 9.17) is 14.2 Å². The lowest BCUT2D eigenvalue weighted by Gasteiger charge is -2.24. The second-order valence-corrected chi connectivity index (χ2v) is 8.87. The molecule has 1 N–H and O–H groups in total. The number of nitrogens with zero attached hydrogens (tertiary/aromatic N) is 1. The largest absolute Gasteiger partial charge is 0.493 e. The highest BCUT2D eigenvalue weighted by Gasteiger charge is 2.42. The molecule has 2 fully saturated rings. The number of carboxylic acid groups (broad SMARTS) is 1. The highest BCUT2D eigenvalue weighted by Crippen LogP contribution is 2.39. The number of hydrogen-bond acceptors (Lipinski definition) is 5. The molecule has 7 nitrogen and oxygen atoms in total. The van der Waals surface area contributed by atoms with Gasteiger partial charge in [-0.1, -0.05) is 6.07 Å².